The molecule has 1 heterocycles. The summed E-state index contributed by atoms with van der Waals surface area (Å²) < 4.78 is 21.2. The van der Waals surface area contributed by atoms with Crippen LogP contribution in [0, 0.1) is 0 Å². The fraction of sp³-hybridized carbons (Fsp3) is 0.923. The average molecular weight is 276 g/mol. The summed E-state index contributed by atoms with van der Waals surface area (Å²) in [5.74, 6) is 0. The van der Waals surface area contributed by atoms with Gasteiger partial charge in [0, 0.05) is 12.8 Å². The van der Waals surface area contributed by atoms with Crippen molar-refractivity contribution in [2.24, 2.45) is 0 Å². The highest BCUT2D eigenvalue weighted by atomic mass is 32.2. The molecule has 2 unspecified atom stereocenters. The number of unbranched alkanes of at least 4 members (excludes halogenated alkanes) is 5. The van der Waals surface area contributed by atoms with Crippen LogP contribution in [0.4, 0.5) is 0 Å². The minimum atomic E-state index is -1.93. The van der Waals surface area contributed by atoms with Gasteiger partial charge in [0.2, 0.25) is 0 Å². The number of hydrogen-bond donors (Lipinski definition) is 1. The third-order valence-electron chi connectivity index (χ3n) is 4.00. The number of nitrogens with zero attached hydrogens (tertiary/aromatic N) is 1. The molecule has 1 N–H and O–H groups in total. The zero-order valence-electron chi connectivity index (χ0n) is 11.3. The van der Waals surface area contributed by atoms with Gasteiger partial charge in [-0.3, -0.25) is 9.35 Å². The fourth-order valence-corrected chi connectivity index (χ4v) is 3.81. The number of quaternary nitrogens is 1. The molecule has 4 nitrogen and oxygen atoms in total. The van der Waals surface area contributed by atoms with E-state index in [9.17, 15) is 13.6 Å². The summed E-state index contributed by atoms with van der Waals surface area (Å²) >= 11 is -1.93. The molecule has 3 atom stereocenters. The Labute approximate surface area is 113 Å². The van der Waals surface area contributed by atoms with E-state index in [0.29, 0.717) is 13.1 Å². The first-order valence-electron chi connectivity index (χ1n) is 7.11. The van der Waals surface area contributed by atoms with Crippen molar-refractivity contribution < 1.29 is 17.4 Å². The number of likely N-dealkylation sites (tertiary alicyclic amines) is 1. The highest BCUT2D eigenvalue weighted by molar-refractivity contribution is 7.73. The lowest BCUT2D eigenvalue weighted by Gasteiger charge is -2.32. The lowest BCUT2D eigenvalue weighted by Crippen LogP contribution is -2.53. The second kappa shape index (κ2) is 8.02. The fourth-order valence-electron chi connectivity index (χ4n) is 2.86. The van der Waals surface area contributed by atoms with E-state index >= 15 is 0 Å². The van der Waals surface area contributed by atoms with Crippen LogP contribution in [0.1, 0.15) is 58.3 Å². The van der Waals surface area contributed by atoms with E-state index in [1.54, 1.807) is 0 Å². The van der Waals surface area contributed by atoms with Gasteiger partial charge in [0.05, 0.1) is 13.1 Å². The van der Waals surface area contributed by atoms with Crippen molar-refractivity contribution in [3.63, 3.8) is 0 Å². The first kappa shape index (κ1) is 15.8. The summed E-state index contributed by atoms with van der Waals surface area (Å²) in [6.45, 7) is 3.52. The third kappa shape index (κ3) is 3.87. The minimum absolute atomic E-state index is 0.0945. The smallest absolute Gasteiger partial charge is 0.297 e. The van der Waals surface area contributed by atoms with Gasteiger partial charge in [0.1, 0.15) is 0 Å². The lowest BCUT2D eigenvalue weighted by molar-refractivity contribution is -0.808. The Morgan fingerprint density at radius 1 is 1.28 bits per heavy atom. The van der Waals surface area contributed by atoms with Crippen LogP contribution in [0.2, 0.25) is 0 Å². The van der Waals surface area contributed by atoms with E-state index < -0.39 is 11.3 Å². The van der Waals surface area contributed by atoms with Crippen molar-refractivity contribution in [2.75, 3.05) is 13.1 Å². The molecule has 1 aliphatic heterocycles. The van der Waals surface area contributed by atoms with Gasteiger partial charge in [0.25, 0.3) is 0 Å². The van der Waals surface area contributed by atoms with E-state index in [0.717, 1.165) is 32.0 Å². The molecule has 5 heteroatoms. The largest absolute Gasteiger partial charge is 0.359 e. The molecule has 0 aromatic heterocycles. The van der Waals surface area contributed by atoms with Crippen molar-refractivity contribution in [3.05, 3.63) is 0 Å². The Balaban J connectivity index is 2.39. The third-order valence-corrected chi connectivity index (χ3v) is 5.26. The molecule has 1 fully saturated rings. The second-order valence-electron chi connectivity index (χ2n) is 5.24. The molecule has 1 aliphatic rings. The van der Waals surface area contributed by atoms with Gasteiger partial charge in [0.15, 0.2) is 12.3 Å². The highest BCUT2D eigenvalue weighted by Crippen LogP contribution is 2.29. The van der Waals surface area contributed by atoms with Crippen molar-refractivity contribution in [1.82, 2.24) is 0 Å². The maximum absolute atomic E-state index is 11.6. The predicted molar refractivity (Wildman–Crippen MR) is 73.2 cm³/mol. The zero-order valence-corrected chi connectivity index (χ0v) is 12.2. The van der Waals surface area contributed by atoms with Crippen LogP contribution in [0.3, 0.4) is 0 Å². The summed E-state index contributed by atoms with van der Waals surface area (Å²) in [6, 6.07) is -0.272. The molecule has 0 aliphatic carbocycles. The Morgan fingerprint density at radius 2 is 1.94 bits per heavy atom. The van der Waals surface area contributed by atoms with Crippen LogP contribution < -0.4 is 0 Å². The van der Waals surface area contributed by atoms with Crippen LogP contribution in [-0.4, -0.2) is 38.1 Å². The zero-order chi connectivity index (χ0) is 13.4. The van der Waals surface area contributed by atoms with Crippen LogP contribution in [0.5, 0.6) is 0 Å². The average Bonchev–Trinajstić information content (AvgIpc) is 2.78. The summed E-state index contributed by atoms with van der Waals surface area (Å²) in [5, 5.41) is 0. The second-order valence-corrected chi connectivity index (χ2v) is 6.43. The molecular weight excluding hydrogens is 250 g/mol. The van der Waals surface area contributed by atoms with Gasteiger partial charge in [-0.2, -0.15) is 4.21 Å². The van der Waals surface area contributed by atoms with Crippen LogP contribution >= 0.6 is 0 Å². The molecule has 18 heavy (non-hydrogen) atoms. The van der Waals surface area contributed by atoms with Crippen molar-refractivity contribution in [1.29, 1.82) is 0 Å². The highest BCUT2D eigenvalue weighted by Gasteiger charge is 2.46. The molecule has 0 saturated carbocycles. The number of aldehydes is 1. The molecule has 106 valence electrons. The number of hydrogen-bond acceptors (Lipinski definition) is 2. The van der Waals surface area contributed by atoms with E-state index in [1.165, 1.54) is 25.7 Å². The first-order valence-corrected chi connectivity index (χ1v) is 8.17. The number of carbonyl (C=O) groups is 1. The molecule has 1 saturated heterocycles. The summed E-state index contributed by atoms with van der Waals surface area (Å²) in [7, 11) is 0. The molecule has 0 aromatic rings. The van der Waals surface area contributed by atoms with Gasteiger partial charge in [-0.1, -0.05) is 32.6 Å². The van der Waals surface area contributed by atoms with Crippen molar-refractivity contribution >= 4 is 17.6 Å². The SMILES string of the molecule is CCCCCCCC[N+]1(S(=O)O)CCC[C@H]1C=O. The predicted octanol–water partition coefficient (Wildman–Crippen LogP) is 2.66. The van der Waals surface area contributed by atoms with E-state index in [2.05, 4.69) is 6.92 Å². The molecule has 0 radical (unpaired) electrons. The van der Waals surface area contributed by atoms with Gasteiger partial charge >= 0.3 is 11.3 Å². The molecule has 0 aromatic carbocycles. The quantitative estimate of drug-likeness (QED) is 0.305. The first-order chi connectivity index (χ1) is 8.67. The monoisotopic (exact) mass is 276 g/mol. The number of rotatable bonds is 9. The molecule has 1 rings (SSSR count). The van der Waals surface area contributed by atoms with E-state index in [4.69, 9.17) is 0 Å². The Morgan fingerprint density at radius 3 is 2.56 bits per heavy atom. The normalized spacial score (nSPS) is 29.3. The number of carbonyl (C=O) groups excluding carboxylic acids is 1. The summed E-state index contributed by atoms with van der Waals surface area (Å²) in [4.78, 5) is 11.0. The standard InChI is InChI=1S/C13H25NO3S/c1-2-3-4-5-6-7-10-14(18(16)17)11-8-9-13(14)12-15/h12-13H,2-11H2,1H3/p+1/t13-,14?/m0/s1. The Hall–Kier alpha value is -0.260. The van der Waals surface area contributed by atoms with Crippen LogP contribution in [0.15, 0.2) is 0 Å². The lowest BCUT2D eigenvalue weighted by atomic mass is 10.1. The molecular formula is C13H26NO3S+. The maximum Gasteiger partial charge on any atom is 0.359 e. The Bertz CT molecular complexity index is 285. The molecule has 0 amide bonds. The topological polar surface area (TPSA) is 54.4 Å². The van der Waals surface area contributed by atoms with E-state index in [-0.39, 0.29) is 9.93 Å². The summed E-state index contributed by atoms with van der Waals surface area (Å²) in [5.41, 5.74) is 0. The van der Waals surface area contributed by atoms with Gasteiger partial charge in [-0.25, -0.2) is 3.89 Å². The van der Waals surface area contributed by atoms with Gasteiger partial charge in [-0.05, 0) is 12.8 Å². The van der Waals surface area contributed by atoms with Crippen LogP contribution in [0.25, 0.3) is 0 Å². The van der Waals surface area contributed by atoms with E-state index in [1.807, 2.05) is 0 Å². The minimum Gasteiger partial charge on any atom is -0.297 e. The van der Waals surface area contributed by atoms with Gasteiger partial charge in [-0.15, -0.1) is 0 Å². The molecule has 0 bridgehead atoms. The van der Waals surface area contributed by atoms with Crippen LogP contribution in [-0.2, 0) is 16.1 Å². The van der Waals surface area contributed by atoms with Crippen molar-refractivity contribution in [3.8, 4) is 0 Å². The van der Waals surface area contributed by atoms with Gasteiger partial charge < -0.3 is 0 Å². The molecule has 0 spiro atoms. The Kier molecular flexibility index (Phi) is 7.04. The maximum atomic E-state index is 11.6. The summed E-state index contributed by atoms with van der Waals surface area (Å²) in [6.07, 6.45) is 9.49. The van der Waals surface area contributed by atoms with Crippen molar-refractivity contribution in [2.45, 2.75) is 64.3 Å².